The zero-order valence-corrected chi connectivity index (χ0v) is 24.5. The van der Waals surface area contributed by atoms with Crippen molar-refractivity contribution < 1.29 is 0 Å². The van der Waals surface area contributed by atoms with Crippen LogP contribution in [-0.4, -0.2) is 16.5 Å². The number of nitrogens with one attached hydrogen (secondary N) is 1. The van der Waals surface area contributed by atoms with E-state index in [4.69, 9.17) is 9.97 Å². The lowest BCUT2D eigenvalue weighted by molar-refractivity contribution is 0.657. The molecule has 0 aliphatic rings. The largest absolute Gasteiger partial charge is 0.385 e. The van der Waals surface area contributed by atoms with E-state index in [-0.39, 0.29) is 0 Å². The Morgan fingerprint density at radius 2 is 1.55 bits per heavy atom. The minimum atomic E-state index is 0.364. The summed E-state index contributed by atoms with van der Waals surface area (Å²) in [6.07, 6.45) is 8.26. The molecule has 1 aromatic heterocycles. The number of benzene rings is 3. The predicted molar refractivity (Wildman–Crippen MR) is 172 cm³/mol. The van der Waals surface area contributed by atoms with Crippen molar-refractivity contribution in [3.63, 3.8) is 0 Å². The number of unbranched alkanes of at least 4 members (excludes halogenated alkanes) is 1. The van der Waals surface area contributed by atoms with Crippen LogP contribution in [0.25, 0.3) is 28.0 Å². The molecule has 40 heavy (non-hydrogen) atoms. The molecule has 3 heteroatoms. The molecular formula is C37H43N3. The predicted octanol–water partition coefficient (Wildman–Crippen LogP) is 9.51. The molecule has 0 aliphatic carbocycles. The molecule has 0 bridgehead atoms. The van der Waals surface area contributed by atoms with Gasteiger partial charge in [0.2, 0.25) is 0 Å². The molecule has 0 aliphatic heterocycles. The Labute approximate surface area is 240 Å². The highest BCUT2D eigenvalue weighted by atomic mass is 14.9. The Bertz CT molecular complexity index is 1460. The van der Waals surface area contributed by atoms with E-state index < -0.39 is 0 Å². The number of fused-ring (bicyclic) bond motifs is 1. The summed E-state index contributed by atoms with van der Waals surface area (Å²) < 4.78 is 0. The van der Waals surface area contributed by atoms with Gasteiger partial charge in [-0.1, -0.05) is 84.0 Å². The average Bonchev–Trinajstić information content (AvgIpc) is 2.95. The Balaban J connectivity index is 1.46. The maximum Gasteiger partial charge on any atom is 0.0925 e. The summed E-state index contributed by atoms with van der Waals surface area (Å²) in [6.45, 7) is 19.6. The fraction of sp³-hybridized carbons (Fsp3) is 0.297. The minimum absolute atomic E-state index is 0.364. The van der Waals surface area contributed by atoms with Gasteiger partial charge in [-0.2, -0.15) is 0 Å². The van der Waals surface area contributed by atoms with Crippen LogP contribution in [0.1, 0.15) is 72.9 Å². The molecule has 3 aromatic carbocycles. The molecule has 4 aromatic rings. The van der Waals surface area contributed by atoms with Gasteiger partial charge in [-0.05, 0) is 82.6 Å². The van der Waals surface area contributed by atoms with Crippen molar-refractivity contribution in [2.24, 2.45) is 0 Å². The van der Waals surface area contributed by atoms with E-state index >= 15 is 0 Å². The summed E-state index contributed by atoms with van der Waals surface area (Å²) in [5, 5.41) is 3.53. The number of rotatable bonds is 14. The number of nitrogens with zero attached hydrogens (tertiary/aromatic N) is 2. The van der Waals surface area contributed by atoms with Crippen molar-refractivity contribution >= 4 is 16.7 Å². The Morgan fingerprint density at radius 3 is 2.23 bits per heavy atom. The highest BCUT2D eigenvalue weighted by Crippen LogP contribution is 2.27. The van der Waals surface area contributed by atoms with Gasteiger partial charge in [0.1, 0.15) is 0 Å². The molecule has 1 atom stereocenters. The lowest BCUT2D eigenvalue weighted by Gasteiger charge is -2.15. The summed E-state index contributed by atoms with van der Waals surface area (Å²) in [6, 6.07) is 23.6. The Kier molecular flexibility index (Phi) is 10.1. The molecule has 0 spiro atoms. The quantitative estimate of drug-likeness (QED) is 0.131. The lowest BCUT2D eigenvalue weighted by atomic mass is 9.93. The van der Waals surface area contributed by atoms with Crippen molar-refractivity contribution in [2.75, 3.05) is 6.54 Å². The summed E-state index contributed by atoms with van der Waals surface area (Å²) >= 11 is 0. The molecule has 0 fully saturated rings. The maximum atomic E-state index is 5.14. The summed E-state index contributed by atoms with van der Waals surface area (Å²) in [5.41, 5.74) is 12.0. The fourth-order valence-corrected chi connectivity index (χ4v) is 5.01. The van der Waals surface area contributed by atoms with Crippen LogP contribution in [0.5, 0.6) is 0 Å². The molecule has 0 amide bonds. The number of aryl methyl sites for hydroxylation is 3. The first-order valence-electron chi connectivity index (χ1n) is 14.5. The summed E-state index contributed by atoms with van der Waals surface area (Å²) in [7, 11) is 0. The van der Waals surface area contributed by atoms with Gasteiger partial charge >= 0.3 is 0 Å². The van der Waals surface area contributed by atoms with Crippen molar-refractivity contribution in [3.8, 4) is 11.3 Å². The van der Waals surface area contributed by atoms with Crippen molar-refractivity contribution in [2.45, 2.75) is 65.2 Å². The van der Waals surface area contributed by atoms with Gasteiger partial charge < -0.3 is 5.32 Å². The third kappa shape index (κ3) is 7.79. The smallest absolute Gasteiger partial charge is 0.0925 e. The van der Waals surface area contributed by atoms with Crippen LogP contribution in [-0.2, 0) is 6.42 Å². The molecule has 0 saturated carbocycles. The number of allylic oxidation sites excluding steroid dienone is 2. The van der Waals surface area contributed by atoms with Gasteiger partial charge in [-0.3, -0.25) is 0 Å². The van der Waals surface area contributed by atoms with Gasteiger partial charge in [0.15, 0.2) is 0 Å². The monoisotopic (exact) mass is 529 g/mol. The first kappa shape index (κ1) is 29.0. The van der Waals surface area contributed by atoms with Crippen molar-refractivity contribution in [3.05, 3.63) is 126 Å². The second-order valence-electron chi connectivity index (χ2n) is 11.1. The third-order valence-electron chi connectivity index (χ3n) is 7.50. The molecule has 1 heterocycles. The lowest BCUT2D eigenvalue weighted by Crippen LogP contribution is -2.14. The van der Waals surface area contributed by atoms with E-state index in [2.05, 4.69) is 119 Å². The summed E-state index contributed by atoms with van der Waals surface area (Å²) in [5.74, 6) is 0.364. The standard InChI is InChI=1S/C37H43N3/c1-7-30(31-18-14-27(4)15-19-31)12-10-24-38-29(6)33-22-23-34-36(25-33)39-35(13-9-8-11-26(2)3)37(40-34)32-20-16-28(5)17-21-32/h7,14-23,25,30,38H,1-2,6,8-13,24H2,3-5H3. The van der Waals surface area contributed by atoms with E-state index in [1.54, 1.807) is 0 Å². The molecule has 1 N–H and O–H groups in total. The van der Waals surface area contributed by atoms with Crippen LogP contribution >= 0.6 is 0 Å². The molecular weight excluding hydrogens is 486 g/mol. The van der Waals surface area contributed by atoms with Crippen LogP contribution < -0.4 is 5.32 Å². The second-order valence-corrected chi connectivity index (χ2v) is 11.1. The van der Waals surface area contributed by atoms with Gasteiger partial charge in [0.25, 0.3) is 0 Å². The van der Waals surface area contributed by atoms with Crippen LogP contribution in [0.15, 0.2) is 98.1 Å². The molecule has 3 nitrogen and oxygen atoms in total. The number of aromatic nitrogens is 2. The minimum Gasteiger partial charge on any atom is -0.385 e. The van der Waals surface area contributed by atoms with Crippen LogP contribution in [0.4, 0.5) is 0 Å². The first-order valence-corrected chi connectivity index (χ1v) is 14.5. The van der Waals surface area contributed by atoms with Gasteiger partial charge in [-0.15, -0.1) is 13.2 Å². The van der Waals surface area contributed by atoms with Gasteiger partial charge in [-0.25, -0.2) is 9.97 Å². The zero-order chi connectivity index (χ0) is 28.5. The highest BCUT2D eigenvalue weighted by molar-refractivity contribution is 5.82. The molecule has 0 radical (unpaired) electrons. The fourth-order valence-electron chi connectivity index (χ4n) is 5.01. The Hall–Kier alpha value is -3.98. The van der Waals surface area contributed by atoms with Gasteiger partial charge in [0, 0.05) is 23.7 Å². The van der Waals surface area contributed by atoms with E-state index in [0.717, 1.165) is 84.3 Å². The van der Waals surface area contributed by atoms with E-state index in [1.807, 2.05) is 0 Å². The van der Waals surface area contributed by atoms with Crippen LogP contribution in [0, 0.1) is 13.8 Å². The number of hydrogen-bond donors (Lipinski definition) is 1. The van der Waals surface area contributed by atoms with E-state index in [1.165, 1.54) is 22.3 Å². The molecule has 0 saturated heterocycles. The summed E-state index contributed by atoms with van der Waals surface area (Å²) in [4.78, 5) is 10.2. The normalized spacial score (nSPS) is 11.8. The Morgan fingerprint density at radius 1 is 0.850 bits per heavy atom. The highest BCUT2D eigenvalue weighted by Gasteiger charge is 2.13. The maximum absolute atomic E-state index is 5.14. The molecule has 4 rings (SSSR count). The number of hydrogen-bond acceptors (Lipinski definition) is 3. The zero-order valence-electron chi connectivity index (χ0n) is 24.5. The molecule has 206 valence electrons. The third-order valence-corrected chi connectivity index (χ3v) is 7.50. The first-order chi connectivity index (χ1) is 19.3. The van der Waals surface area contributed by atoms with E-state index in [0.29, 0.717) is 5.92 Å². The van der Waals surface area contributed by atoms with Crippen molar-refractivity contribution in [1.82, 2.24) is 15.3 Å². The second kappa shape index (κ2) is 13.9. The average molecular weight is 530 g/mol. The van der Waals surface area contributed by atoms with Gasteiger partial charge in [0.05, 0.1) is 22.4 Å². The van der Waals surface area contributed by atoms with Crippen LogP contribution in [0.3, 0.4) is 0 Å². The van der Waals surface area contributed by atoms with Crippen LogP contribution in [0.2, 0.25) is 0 Å². The van der Waals surface area contributed by atoms with Crippen molar-refractivity contribution in [1.29, 1.82) is 0 Å². The topological polar surface area (TPSA) is 37.8 Å². The SMILES string of the molecule is C=CC(CCCNC(=C)c1ccc2nc(-c3ccc(C)cc3)c(CCCCC(=C)C)nc2c1)c1ccc(C)cc1. The molecule has 1 unspecified atom stereocenters. The van der Waals surface area contributed by atoms with E-state index in [9.17, 15) is 0 Å².